The SMILES string of the molecule is COC(=O)C(Cc1cccnc1)NC(=O)C1CN(S(=O)(=O)c2ccccc2)CCN1S(=O)(=O)c1ccccc1. The van der Waals surface area contributed by atoms with Crippen LogP contribution in [-0.2, 0) is 40.8 Å². The molecule has 1 fully saturated rings. The van der Waals surface area contributed by atoms with E-state index in [1.807, 2.05) is 0 Å². The largest absolute Gasteiger partial charge is 0.467 e. The van der Waals surface area contributed by atoms with Crippen LogP contribution < -0.4 is 5.32 Å². The first-order chi connectivity index (χ1) is 18.6. The predicted molar refractivity (Wildman–Crippen MR) is 141 cm³/mol. The smallest absolute Gasteiger partial charge is 0.328 e. The molecule has 1 aliphatic heterocycles. The number of piperazine rings is 1. The maximum absolute atomic E-state index is 13.7. The molecule has 1 aromatic heterocycles. The van der Waals surface area contributed by atoms with Crippen molar-refractivity contribution >= 4 is 31.9 Å². The van der Waals surface area contributed by atoms with Crippen molar-refractivity contribution in [2.75, 3.05) is 26.7 Å². The lowest BCUT2D eigenvalue weighted by Gasteiger charge is -2.39. The van der Waals surface area contributed by atoms with Gasteiger partial charge >= 0.3 is 5.97 Å². The number of esters is 1. The molecule has 1 saturated heterocycles. The molecule has 1 N–H and O–H groups in total. The molecular weight excluding hydrogens is 544 g/mol. The van der Waals surface area contributed by atoms with Gasteiger partial charge in [0.05, 0.1) is 16.9 Å². The third kappa shape index (κ3) is 6.33. The molecule has 0 saturated carbocycles. The van der Waals surface area contributed by atoms with Crippen LogP contribution in [0.5, 0.6) is 0 Å². The number of sulfonamides is 2. The number of amides is 1. The minimum atomic E-state index is -4.19. The molecule has 11 nitrogen and oxygen atoms in total. The van der Waals surface area contributed by atoms with Crippen LogP contribution in [0.15, 0.2) is 95.0 Å². The van der Waals surface area contributed by atoms with Gasteiger partial charge in [0.1, 0.15) is 12.1 Å². The molecule has 1 aliphatic rings. The third-order valence-corrected chi connectivity index (χ3v) is 10.1. The van der Waals surface area contributed by atoms with Crippen LogP contribution >= 0.6 is 0 Å². The highest BCUT2D eigenvalue weighted by Gasteiger charge is 2.44. The molecule has 4 rings (SSSR count). The summed E-state index contributed by atoms with van der Waals surface area (Å²) in [6, 6.07) is 16.0. The molecule has 2 heterocycles. The second-order valence-corrected chi connectivity index (χ2v) is 12.6. The minimum absolute atomic E-state index is 0.0209. The van der Waals surface area contributed by atoms with Crippen molar-refractivity contribution in [2.24, 2.45) is 0 Å². The van der Waals surface area contributed by atoms with Gasteiger partial charge in [-0.05, 0) is 35.9 Å². The van der Waals surface area contributed by atoms with Gasteiger partial charge in [0.25, 0.3) is 0 Å². The van der Waals surface area contributed by atoms with Gasteiger partial charge in [-0.25, -0.2) is 21.6 Å². The van der Waals surface area contributed by atoms with Gasteiger partial charge in [0, 0.05) is 38.4 Å². The van der Waals surface area contributed by atoms with E-state index in [0.717, 1.165) is 8.61 Å². The molecule has 2 unspecified atom stereocenters. The number of rotatable bonds is 9. The molecule has 2 atom stereocenters. The molecule has 0 bridgehead atoms. The highest BCUT2D eigenvalue weighted by atomic mass is 32.2. The monoisotopic (exact) mass is 572 g/mol. The topological polar surface area (TPSA) is 143 Å². The van der Waals surface area contributed by atoms with Crippen LogP contribution in [0.4, 0.5) is 0 Å². The number of hydrogen-bond donors (Lipinski definition) is 1. The summed E-state index contributed by atoms with van der Waals surface area (Å²) in [5.41, 5.74) is 0.638. The molecule has 39 heavy (non-hydrogen) atoms. The number of methoxy groups -OCH3 is 1. The molecule has 0 radical (unpaired) electrons. The van der Waals surface area contributed by atoms with E-state index >= 15 is 0 Å². The lowest BCUT2D eigenvalue weighted by molar-refractivity contribution is -0.145. The fraction of sp³-hybridized carbons (Fsp3) is 0.269. The zero-order valence-electron chi connectivity index (χ0n) is 21.1. The second-order valence-electron chi connectivity index (χ2n) is 8.77. The average molecular weight is 573 g/mol. The van der Waals surface area contributed by atoms with Crippen LogP contribution in [0.3, 0.4) is 0 Å². The number of nitrogens with one attached hydrogen (secondary N) is 1. The number of carbonyl (C=O) groups is 2. The first-order valence-electron chi connectivity index (χ1n) is 12.0. The number of nitrogens with zero attached hydrogens (tertiary/aromatic N) is 3. The number of carbonyl (C=O) groups excluding carboxylic acids is 2. The van der Waals surface area contributed by atoms with E-state index < -0.39 is 50.6 Å². The summed E-state index contributed by atoms with van der Waals surface area (Å²) < 4.78 is 60.8. The van der Waals surface area contributed by atoms with Crippen LogP contribution in [0, 0.1) is 0 Å². The Morgan fingerprint density at radius 3 is 2.10 bits per heavy atom. The normalized spacial score (nSPS) is 17.7. The van der Waals surface area contributed by atoms with Crippen molar-refractivity contribution < 1.29 is 31.2 Å². The van der Waals surface area contributed by atoms with Crippen molar-refractivity contribution in [1.29, 1.82) is 0 Å². The first kappa shape index (κ1) is 28.4. The zero-order valence-corrected chi connectivity index (χ0v) is 22.7. The Hall–Kier alpha value is -3.65. The quantitative estimate of drug-likeness (QED) is 0.375. The molecule has 2 aromatic carbocycles. The molecule has 1 amide bonds. The van der Waals surface area contributed by atoms with Crippen molar-refractivity contribution in [1.82, 2.24) is 18.9 Å². The van der Waals surface area contributed by atoms with Gasteiger partial charge < -0.3 is 10.1 Å². The standard InChI is InChI=1S/C26H28N4O7S2/c1-37-26(32)23(17-20-9-8-14-27-18-20)28-25(31)24-19-29(38(33,34)21-10-4-2-5-11-21)15-16-30(24)39(35,36)22-12-6-3-7-13-22/h2-14,18,23-24H,15-17,19H2,1H3,(H,28,31). The van der Waals surface area contributed by atoms with Crippen molar-refractivity contribution in [2.45, 2.75) is 28.3 Å². The number of ether oxygens (including phenoxy) is 1. The summed E-state index contributed by atoms with van der Waals surface area (Å²) in [4.78, 5) is 30.2. The highest BCUT2D eigenvalue weighted by molar-refractivity contribution is 7.89. The number of hydrogen-bond acceptors (Lipinski definition) is 8. The number of benzene rings is 2. The van der Waals surface area contributed by atoms with Crippen LogP contribution in [0.25, 0.3) is 0 Å². The molecule has 3 aromatic rings. The van der Waals surface area contributed by atoms with Crippen molar-refractivity contribution in [3.8, 4) is 0 Å². The van der Waals surface area contributed by atoms with E-state index in [9.17, 15) is 26.4 Å². The van der Waals surface area contributed by atoms with Gasteiger partial charge in [0.2, 0.25) is 26.0 Å². The van der Waals surface area contributed by atoms with E-state index in [1.54, 1.807) is 54.7 Å². The fourth-order valence-electron chi connectivity index (χ4n) is 4.29. The molecule has 0 spiro atoms. The van der Waals surface area contributed by atoms with E-state index in [2.05, 4.69) is 10.3 Å². The second kappa shape index (κ2) is 12.0. The summed E-state index contributed by atoms with van der Waals surface area (Å²) in [6.07, 6.45) is 3.13. The van der Waals surface area contributed by atoms with Gasteiger partial charge in [-0.3, -0.25) is 9.78 Å². The maximum atomic E-state index is 13.7. The molecule has 0 aliphatic carbocycles. The molecule has 206 valence electrons. The van der Waals surface area contributed by atoms with E-state index in [1.165, 1.54) is 37.6 Å². The summed E-state index contributed by atoms with van der Waals surface area (Å²) in [5.74, 6) is -1.57. The Kier molecular flexibility index (Phi) is 8.75. The van der Waals surface area contributed by atoms with Crippen LogP contribution in [-0.4, -0.2) is 81.1 Å². The van der Waals surface area contributed by atoms with Gasteiger partial charge in [-0.15, -0.1) is 0 Å². The van der Waals surface area contributed by atoms with Crippen LogP contribution in [0.2, 0.25) is 0 Å². The summed E-state index contributed by atoms with van der Waals surface area (Å²) in [6.45, 7) is -0.883. The number of aromatic nitrogens is 1. The van der Waals surface area contributed by atoms with Gasteiger partial charge in [-0.1, -0.05) is 42.5 Å². The Morgan fingerprint density at radius 1 is 0.923 bits per heavy atom. The summed E-state index contributed by atoms with van der Waals surface area (Å²) in [7, 11) is -7.04. The van der Waals surface area contributed by atoms with Gasteiger partial charge in [0.15, 0.2) is 0 Å². The Bertz CT molecular complexity index is 1500. The predicted octanol–water partition coefficient (Wildman–Crippen LogP) is 1.05. The van der Waals surface area contributed by atoms with E-state index in [4.69, 9.17) is 4.74 Å². The molecule has 13 heteroatoms. The first-order valence-corrected chi connectivity index (χ1v) is 14.9. The van der Waals surface area contributed by atoms with E-state index in [-0.39, 0.29) is 29.3 Å². The lowest BCUT2D eigenvalue weighted by Crippen LogP contribution is -2.62. The average Bonchev–Trinajstić information content (AvgIpc) is 2.97. The zero-order chi connectivity index (χ0) is 28.0. The van der Waals surface area contributed by atoms with Crippen molar-refractivity contribution in [3.05, 3.63) is 90.8 Å². The maximum Gasteiger partial charge on any atom is 0.328 e. The van der Waals surface area contributed by atoms with Crippen molar-refractivity contribution in [3.63, 3.8) is 0 Å². The summed E-state index contributed by atoms with van der Waals surface area (Å²) in [5, 5.41) is 2.58. The lowest BCUT2D eigenvalue weighted by atomic mass is 10.1. The van der Waals surface area contributed by atoms with E-state index in [0.29, 0.717) is 5.56 Å². The molecular formula is C26H28N4O7S2. The number of pyridine rings is 1. The minimum Gasteiger partial charge on any atom is -0.467 e. The fourth-order valence-corrected chi connectivity index (χ4v) is 7.34. The Morgan fingerprint density at radius 2 is 1.54 bits per heavy atom. The van der Waals surface area contributed by atoms with Crippen LogP contribution in [0.1, 0.15) is 5.56 Å². The Labute approximate surface area is 227 Å². The highest BCUT2D eigenvalue weighted by Crippen LogP contribution is 2.25. The van der Waals surface area contributed by atoms with Gasteiger partial charge in [-0.2, -0.15) is 8.61 Å². The summed E-state index contributed by atoms with van der Waals surface area (Å²) >= 11 is 0. The Balaban J connectivity index is 1.67. The third-order valence-electron chi connectivity index (χ3n) is 6.29.